The molecule has 0 spiro atoms. The lowest BCUT2D eigenvalue weighted by Gasteiger charge is -2.30. The fourth-order valence-electron chi connectivity index (χ4n) is 1.89. The van der Waals surface area contributed by atoms with E-state index in [1.807, 2.05) is 0 Å². The quantitative estimate of drug-likeness (QED) is 0.893. The van der Waals surface area contributed by atoms with Gasteiger partial charge in [-0.3, -0.25) is 4.90 Å². The Hall–Kier alpha value is -2.24. The van der Waals surface area contributed by atoms with Gasteiger partial charge in [-0.15, -0.1) is 0 Å². The van der Waals surface area contributed by atoms with Crippen LogP contribution in [0.25, 0.3) is 0 Å². The van der Waals surface area contributed by atoms with Gasteiger partial charge in [-0.2, -0.15) is 0 Å². The molecule has 6 nitrogen and oxygen atoms in total. The number of amides is 2. The van der Waals surface area contributed by atoms with Crippen LogP contribution in [-0.2, 0) is 4.79 Å². The summed E-state index contributed by atoms with van der Waals surface area (Å²) < 4.78 is 5.20. The van der Waals surface area contributed by atoms with Gasteiger partial charge in [0.25, 0.3) is 0 Å². The monoisotopic (exact) mass is 294 g/mol. The van der Waals surface area contributed by atoms with E-state index in [1.165, 1.54) is 12.0 Å². The average molecular weight is 294 g/mol. The Morgan fingerprint density at radius 2 is 1.86 bits per heavy atom. The van der Waals surface area contributed by atoms with Gasteiger partial charge in [0, 0.05) is 7.05 Å². The van der Waals surface area contributed by atoms with E-state index in [-0.39, 0.29) is 0 Å². The molecule has 1 rings (SSSR count). The third kappa shape index (κ3) is 4.11. The smallest absolute Gasteiger partial charge is 0.326 e. The number of ether oxygens (including phenoxy) is 1. The summed E-state index contributed by atoms with van der Waals surface area (Å²) in [4.78, 5) is 24.9. The van der Waals surface area contributed by atoms with E-state index in [1.54, 1.807) is 52.1 Å². The minimum atomic E-state index is -1.07. The van der Waals surface area contributed by atoms with E-state index < -0.39 is 23.5 Å². The van der Waals surface area contributed by atoms with E-state index >= 15 is 0 Å². The number of hydrogen-bond donors (Lipinski definition) is 2. The van der Waals surface area contributed by atoms with Gasteiger partial charge in [0.05, 0.1) is 12.8 Å². The van der Waals surface area contributed by atoms with Crippen LogP contribution >= 0.6 is 0 Å². The number of methoxy groups -OCH3 is 1. The first-order valence-corrected chi connectivity index (χ1v) is 6.58. The molecule has 6 heteroatoms. The van der Waals surface area contributed by atoms with Crippen molar-refractivity contribution in [3.8, 4) is 5.75 Å². The topological polar surface area (TPSA) is 78.9 Å². The van der Waals surface area contributed by atoms with Gasteiger partial charge >= 0.3 is 12.0 Å². The first kappa shape index (κ1) is 16.8. The number of anilines is 1. The summed E-state index contributed by atoms with van der Waals surface area (Å²) in [6, 6.07) is 5.55. The highest BCUT2D eigenvalue weighted by Gasteiger charge is 2.33. The SMILES string of the molecule is COc1ccccc1N(C)C(=O)N[C@@H](C(=O)O)C(C)(C)C. The molecule has 21 heavy (non-hydrogen) atoms. The average Bonchev–Trinajstić information content (AvgIpc) is 2.41. The van der Waals surface area contributed by atoms with E-state index in [2.05, 4.69) is 5.32 Å². The number of urea groups is 1. The van der Waals surface area contributed by atoms with Gasteiger partial charge in [-0.05, 0) is 17.5 Å². The lowest BCUT2D eigenvalue weighted by molar-refractivity contribution is -0.141. The summed E-state index contributed by atoms with van der Waals surface area (Å²) in [6.45, 7) is 5.28. The first-order valence-electron chi connectivity index (χ1n) is 6.58. The van der Waals surface area contributed by atoms with Crippen LogP contribution in [0.2, 0.25) is 0 Å². The van der Waals surface area contributed by atoms with Gasteiger partial charge in [-0.1, -0.05) is 32.9 Å². The molecule has 0 aliphatic heterocycles. The summed E-state index contributed by atoms with van der Waals surface area (Å²) in [6.07, 6.45) is 0. The Morgan fingerprint density at radius 1 is 1.29 bits per heavy atom. The fourth-order valence-corrected chi connectivity index (χ4v) is 1.89. The number of nitrogens with zero attached hydrogens (tertiary/aromatic N) is 1. The number of para-hydroxylation sites is 2. The van der Waals surface area contributed by atoms with Gasteiger partial charge < -0.3 is 15.2 Å². The van der Waals surface area contributed by atoms with Gasteiger partial charge in [0.15, 0.2) is 0 Å². The molecular formula is C15H22N2O4. The maximum atomic E-state index is 12.3. The first-order chi connectivity index (χ1) is 9.68. The zero-order valence-electron chi connectivity index (χ0n) is 13.0. The molecule has 116 valence electrons. The van der Waals surface area contributed by atoms with E-state index in [4.69, 9.17) is 4.74 Å². The summed E-state index contributed by atoms with van der Waals surface area (Å²) in [5, 5.41) is 11.8. The molecule has 0 aliphatic rings. The zero-order chi connectivity index (χ0) is 16.2. The van der Waals surface area contributed by atoms with Crippen LogP contribution in [-0.4, -0.2) is 37.3 Å². The van der Waals surface area contributed by atoms with Crippen molar-refractivity contribution in [1.82, 2.24) is 5.32 Å². The van der Waals surface area contributed by atoms with Crippen molar-refractivity contribution in [2.45, 2.75) is 26.8 Å². The van der Waals surface area contributed by atoms with Crippen LogP contribution in [0.15, 0.2) is 24.3 Å². The summed E-state index contributed by atoms with van der Waals surface area (Å²) in [7, 11) is 3.08. The van der Waals surface area contributed by atoms with Crippen molar-refractivity contribution in [3.63, 3.8) is 0 Å². The minimum absolute atomic E-state index is 0.498. The second kappa shape index (κ2) is 6.47. The van der Waals surface area contributed by atoms with Crippen LogP contribution < -0.4 is 15.0 Å². The highest BCUT2D eigenvalue weighted by Crippen LogP contribution is 2.27. The van der Waals surface area contributed by atoms with Crippen LogP contribution in [0, 0.1) is 5.41 Å². The predicted molar refractivity (Wildman–Crippen MR) is 80.8 cm³/mol. The number of aliphatic carboxylic acids is 1. The molecule has 1 aromatic carbocycles. The number of nitrogens with one attached hydrogen (secondary N) is 1. The van der Waals surface area contributed by atoms with Crippen molar-refractivity contribution >= 4 is 17.7 Å². The van der Waals surface area contributed by atoms with Crippen LogP contribution in [0.5, 0.6) is 5.75 Å². The molecule has 0 aliphatic carbocycles. The molecule has 1 atom stereocenters. The Bertz CT molecular complexity index is 523. The molecule has 0 fully saturated rings. The summed E-state index contributed by atoms with van der Waals surface area (Å²) in [5.74, 6) is -0.526. The van der Waals surface area contributed by atoms with Gasteiger partial charge in [0.2, 0.25) is 0 Å². The maximum absolute atomic E-state index is 12.3. The van der Waals surface area contributed by atoms with Crippen molar-refractivity contribution in [1.29, 1.82) is 0 Å². The molecule has 0 saturated heterocycles. The Labute approximate surface area is 124 Å². The van der Waals surface area contributed by atoms with E-state index in [9.17, 15) is 14.7 Å². The highest BCUT2D eigenvalue weighted by atomic mass is 16.5. The molecule has 0 bridgehead atoms. The number of rotatable bonds is 4. The van der Waals surface area contributed by atoms with Gasteiger partial charge in [0.1, 0.15) is 11.8 Å². The Morgan fingerprint density at radius 3 is 2.33 bits per heavy atom. The molecule has 0 aromatic heterocycles. The summed E-state index contributed by atoms with van der Waals surface area (Å²) >= 11 is 0. The van der Waals surface area contributed by atoms with Crippen molar-refractivity contribution in [3.05, 3.63) is 24.3 Å². The molecule has 1 aromatic rings. The molecule has 2 amide bonds. The van der Waals surface area contributed by atoms with E-state index in [0.717, 1.165) is 0 Å². The fraction of sp³-hybridized carbons (Fsp3) is 0.467. The third-order valence-corrected chi connectivity index (χ3v) is 3.13. The lowest BCUT2D eigenvalue weighted by Crippen LogP contribution is -2.52. The Kier molecular flexibility index (Phi) is 5.18. The summed E-state index contributed by atoms with van der Waals surface area (Å²) in [5.41, 5.74) is -0.0288. The zero-order valence-corrected chi connectivity index (χ0v) is 13.0. The molecule has 0 saturated carbocycles. The number of carboxylic acid groups (broad SMARTS) is 1. The van der Waals surface area contributed by atoms with Gasteiger partial charge in [-0.25, -0.2) is 9.59 Å². The molecule has 2 N–H and O–H groups in total. The molecular weight excluding hydrogens is 272 g/mol. The number of carbonyl (C=O) groups excluding carboxylic acids is 1. The minimum Gasteiger partial charge on any atom is -0.495 e. The third-order valence-electron chi connectivity index (χ3n) is 3.13. The Balaban J connectivity index is 2.95. The standard InChI is InChI=1S/C15H22N2O4/c1-15(2,3)12(13(18)19)16-14(20)17(4)10-8-6-7-9-11(10)21-5/h6-9,12H,1-5H3,(H,16,20)(H,18,19)/t12-/m0/s1. The van der Waals surface area contributed by atoms with E-state index in [0.29, 0.717) is 11.4 Å². The lowest BCUT2D eigenvalue weighted by atomic mass is 9.87. The molecule has 0 unspecified atom stereocenters. The number of carbonyl (C=O) groups is 2. The van der Waals surface area contributed by atoms with Crippen molar-refractivity contribution in [2.75, 3.05) is 19.1 Å². The van der Waals surface area contributed by atoms with Crippen LogP contribution in [0.4, 0.5) is 10.5 Å². The molecule has 0 radical (unpaired) electrons. The number of hydrogen-bond acceptors (Lipinski definition) is 3. The normalized spacial score (nSPS) is 12.4. The van der Waals surface area contributed by atoms with Crippen molar-refractivity contribution < 1.29 is 19.4 Å². The number of benzene rings is 1. The highest BCUT2D eigenvalue weighted by molar-refractivity contribution is 5.95. The van der Waals surface area contributed by atoms with Crippen molar-refractivity contribution in [2.24, 2.45) is 5.41 Å². The largest absolute Gasteiger partial charge is 0.495 e. The predicted octanol–water partition coefficient (Wildman–Crippen LogP) is 2.34. The van der Waals surface area contributed by atoms with Crippen LogP contribution in [0.3, 0.4) is 0 Å². The second-order valence-electron chi connectivity index (χ2n) is 5.82. The number of carboxylic acids is 1. The molecule has 0 heterocycles. The maximum Gasteiger partial charge on any atom is 0.326 e. The van der Waals surface area contributed by atoms with Crippen LogP contribution in [0.1, 0.15) is 20.8 Å². The second-order valence-corrected chi connectivity index (χ2v) is 5.82.